The summed E-state index contributed by atoms with van der Waals surface area (Å²) in [5.74, 6) is 0.285. The SMILES string of the molecule is CCCCC1(O)C(C)C(c2ccc(Cl)cc2)[NH2+]C(c2ccc(Cl)cc2)C1C.[Cl-]. The van der Waals surface area contributed by atoms with E-state index < -0.39 is 5.60 Å². The predicted molar refractivity (Wildman–Crippen MR) is 113 cm³/mol. The topological polar surface area (TPSA) is 36.8 Å². The van der Waals surface area contributed by atoms with Crippen LogP contribution in [0.5, 0.6) is 0 Å². The van der Waals surface area contributed by atoms with Crippen LogP contribution < -0.4 is 17.7 Å². The molecule has 1 saturated heterocycles. The van der Waals surface area contributed by atoms with Gasteiger partial charge in [0.25, 0.3) is 0 Å². The van der Waals surface area contributed by atoms with Gasteiger partial charge in [-0.1, -0.05) is 81.1 Å². The molecule has 154 valence electrons. The summed E-state index contributed by atoms with van der Waals surface area (Å²) >= 11 is 12.2. The second kappa shape index (κ2) is 9.82. The maximum absolute atomic E-state index is 11.8. The number of hydrogen-bond donors (Lipinski definition) is 2. The van der Waals surface area contributed by atoms with Crippen LogP contribution in [0.15, 0.2) is 48.5 Å². The minimum atomic E-state index is -0.709. The first kappa shape index (κ1) is 23.5. The Kier molecular flexibility index (Phi) is 8.25. The van der Waals surface area contributed by atoms with E-state index in [-0.39, 0.29) is 36.3 Å². The Morgan fingerprint density at radius 1 is 0.857 bits per heavy atom. The summed E-state index contributed by atoms with van der Waals surface area (Å²) in [7, 11) is 0. The van der Waals surface area contributed by atoms with Gasteiger partial charge in [-0.15, -0.1) is 0 Å². The molecular formula is C23H30Cl3NO. The van der Waals surface area contributed by atoms with Crippen LogP contribution >= 0.6 is 23.2 Å². The number of nitrogens with two attached hydrogens (primary N) is 1. The first-order valence-electron chi connectivity index (χ1n) is 9.95. The number of piperidine rings is 1. The van der Waals surface area contributed by atoms with Gasteiger partial charge in [0, 0.05) is 33.0 Å². The van der Waals surface area contributed by atoms with Gasteiger partial charge >= 0.3 is 0 Å². The van der Waals surface area contributed by atoms with E-state index in [0.29, 0.717) is 0 Å². The second-order valence-corrected chi connectivity index (χ2v) is 8.89. The predicted octanol–water partition coefficient (Wildman–Crippen LogP) is 2.55. The molecule has 4 unspecified atom stereocenters. The number of unbranched alkanes of at least 4 members (excludes halogenated alkanes) is 1. The molecule has 3 rings (SSSR count). The van der Waals surface area contributed by atoms with E-state index >= 15 is 0 Å². The van der Waals surface area contributed by atoms with Crippen LogP contribution in [-0.4, -0.2) is 10.7 Å². The van der Waals surface area contributed by atoms with Crippen LogP contribution in [0, 0.1) is 11.8 Å². The lowest BCUT2D eigenvalue weighted by molar-refractivity contribution is -0.764. The van der Waals surface area contributed by atoms with E-state index in [1.54, 1.807) is 0 Å². The van der Waals surface area contributed by atoms with Gasteiger partial charge in [-0.2, -0.15) is 0 Å². The number of quaternary nitrogens is 1. The lowest BCUT2D eigenvalue weighted by atomic mass is 9.64. The fraction of sp³-hybridized carbons (Fsp3) is 0.478. The van der Waals surface area contributed by atoms with Crippen molar-refractivity contribution >= 4 is 23.2 Å². The molecule has 0 spiro atoms. The Morgan fingerprint density at radius 3 is 1.61 bits per heavy atom. The molecule has 0 saturated carbocycles. The molecule has 28 heavy (non-hydrogen) atoms. The maximum Gasteiger partial charge on any atom is 0.117 e. The first-order valence-corrected chi connectivity index (χ1v) is 10.7. The quantitative estimate of drug-likeness (QED) is 0.733. The lowest BCUT2D eigenvalue weighted by Crippen LogP contribution is -3.00. The van der Waals surface area contributed by atoms with Crippen molar-refractivity contribution < 1.29 is 22.8 Å². The Labute approximate surface area is 185 Å². The summed E-state index contributed by atoms with van der Waals surface area (Å²) in [6, 6.07) is 16.5. The molecule has 1 aliphatic rings. The number of aliphatic hydroxyl groups is 1. The van der Waals surface area contributed by atoms with Crippen LogP contribution in [0.4, 0.5) is 0 Å². The highest BCUT2D eigenvalue weighted by Gasteiger charge is 2.53. The van der Waals surface area contributed by atoms with Crippen molar-refractivity contribution in [1.82, 2.24) is 0 Å². The van der Waals surface area contributed by atoms with Crippen molar-refractivity contribution in [3.05, 3.63) is 69.7 Å². The molecule has 4 atom stereocenters. The molecule has 1 aliphatic heterocycles. The fourth-order valence-corrected chi connectivity index (χ4v) is 4.93. The van der Waals surface area contributed by atoms with Crippen molar-refractivity contribution in [2.45, 2.75) is 57.7 Å². The van der Waals surface area contributed by atoms with E-state index in [4.69, 9.17) is 23.2 Å². The molecule has 2 aromatic carbocycles. The minimum Gasteiger partial charge on any atom is -1.00 e. The number of benzene rings is 2. The van der Waals surface area contributed by atoms with Crippen molar-refractivity contribution in [3.8, 4) is 0 Å². The molecule has 0 bridgehead atoms. The molecule has 0 radical (unpaired) electrons. The van der Waals surface area contributed by atoms with Gasteiger partial charge in [0.15, 0.2) is 0 Å². The van der Waals surface area contributed by atoms with Crippen LogP contribution in [0.25, 0.3) is 0 Å². The lowest BCUT2D eigenvalue weighted by Gasteiger charge is -2.49. The van der Waals surface area contributed by atoms with Crippen molar-refractivity contribution in [1.29, 1.82) is 0 Å². The molecule has 0 aromatic heterocycles. The Balaban J connectivity index is 0.00000280. The Hall–Kier alpha value is -0.770. The standard InChI is InChI=1S/C23H29Cl2NO.ClH/c1-4-5-14-23(27)15(2)21(17-6-10-19(24)11-7-17)26-22(16(23)3)18-8-12-20(25)13-9-18;/h6-13,15-16,21-22,26-27H,4-5,14H2,1-3H3;1H. The zero-order valence-electron chi connectivity index (χ0n) is 16.7. The monoisotopic (exact) mass is 441 g/mol. The van der Waals surface area contributed by atoms with E-state index in [2.05, 4.69) is 50.4 Å². The van der Waals surface area contributed by atoms with Gasteiger partial charge in [0.05, 0.1) is 5.60 Å². The maximum atomic E-state index is 11.8. The molecule has 2 aromatic rings. The summed E-state index contributed by atoms with van der Waals surface area (Å²) in [5.41, 5.74) is 1.72. The van der Waals surface area contributed by atoms with Crippen LogP contribution in [0.2, 0.25) is 10.0 Å². The first-order chi connectivity index (χ1) is 12.9. The molecule has 3 N–H and O–H groups in total. The summed E-state index contributed by atoms with van der Waals surface area (Å²) in [5, 5.41) is 15.7. The molecule has 1 heterocycles. The molecule has 1 fully saturated rings. The van der Waals surface area contributed by atoms with Gasteiger partial charge in [0.2, 0.25) is 0 Å². The summed E-state index contributed by atoms with van der Waals surface area (Å²) in [6.45, 7) is 6.57. The Morgan fingerprint density at radius 2 is 1.25 bits per heavy atom. The molecule has 2 nitrogen and oxygen atoms in total. The van der Waals surface area contributed by atoms with Gasteiger partial charge in [-0.05, 0) is 30.7 Å². The van der Waals surface area contributed by atoms with Gasteiger partial charge in [-0.25, -0.2) is 0 Å². The smallest absolute Gasteiger partial charge is 0.117 e. The Bertz CT molecular complexity index is 690. The van der Waals surface area contributed by atoms with Crippen LogP contribution in [-0.2, 0) is 0 Å². The van der Waals surface area contributed by atoms with Crippen LogP contribution in [0.3, 0.4) is 0 Å². The molecule has 0 aliphatic carbocycles. The zero-order chi connectivity index (χ0) is 19.6. The average Bonchev–Trinajstić information content (AvgIpc) is 2.67. The zero-order valence-corrected chi connectivity index (χ0v) is 19.0. The third-order valence-corrected chi connectivity index (χ3v) is 7.01. The summed E-state index contributed by atoms with van der Waals surface area (Å²) in [6.07, 6.45) is 2.95. The van der Waals surface area contributed by atoms with Gasteiger partial charge < -0.3 is 22.8 Å². The molecular weight excluding hydrogens is 413 g/mol. The summed E-state index contributed by atoms with van der Waals surface area (Å²) in [4.78, 5) is 0. The highest BCUT2D eigenvalue weighted by Crippen LogP contribution is 2.45. The van der Waals surface area contributed by atoms with E-state index in [9.17, 15) is 5.11 Å². The van der Waals surface area contributed by atoms with E-state index in [0.717, 1.165) is 29.3 Å². The van der Waals surface area contributed by atoms with Crippen molar-refractivity contribution in [2.24, 2.45) is 11.8 Å². The van der Waals surface area contributed by atoms with Crippen LogP contribution in [0.1, 0.15) is 63.2 Å². The third-order valence-electron chi connectivity index (χ3n) is 6.51. The second-order valence-electron chi connectivity index (χ2n) is 8.02. The van der Waals surface area contributed by atoms with Crippen molar-refractivity contribution in [2.75, 3.05) is 0 Å². The number of halogens is 3. The average molecular weight is 443 g/mol. The molecule has 0 amide bonds. The van der Waals surface area contributed by atoms with E-state index in [1.165, 1.54) is 11.1 Å². The fourth-order valence-electron chi connectivity index (χ4n) is 4.68. The highest BCUT2D eigenvalue weighted by molar-refractivity contribution is 6.30. The highest BCUT2D eigenvalue weighted by atomic mass is 35.5. The van der Waals surface area contributed by atoms with Crippen molar-refractivity contribution in [3.63, 3.8) is 0 Å². The number of hydrogen-bond acceptors (Lipinski definition) is 1. The van der Waals surface area contributed by atoms with Gasteiger partial charge in [0.1, 0.15) is 12.1 Å². The normalized spacial score (nSPS) is 29.9. The third kappa shape index (κ3) is 4.68. The number of rotatable bonds is 5. The van der Waals surface area contributed by atoms with E-state index in [1.807, 2.05) is 24.3 Å². The minimum absolute atomic E-state index is 0. The largest absolute Gasteiger partial charge is 1.00 e. The van der Waals surface area contributed by atoms with Gasteiger partial charge in [-0.3, -0.25) is 0 Å². The molecule has 5 heteroatoms. The summed E-state index contributed by atoms with van der Waals surface area (Å²) < 4.78 is 0.